The number of methoxy groups -OCH3 is 1. The molecule has 0 fully saturated rings. The normalized spacial score (nSPS) is 15.6. The van der Waals surface area contributed by atoms with Crippen LogP contribution in [-0.4, -0.2) is 42.9 Å². The third kappa shape index (κ3) is 4.86. The Bertz CT molecular complexity index is 914. The molecule has 1 aliphatic rings. The lowest BCUT2D eigenvalue weighted by atomic mass is 9.98. The summed E-state index contributed by atoms with van der Waals surface area (Å²) in [5, 5.41) is 11.7. The van der Waals surface area contributed by atoms with Crippen LogP contribution in [0.25, 0.3) is 0 Å². The topological polar surface area (TPSA) is 83.0 Å². The molecule has 2 N–H and O–H groups in total. The minimum absolute atomic E-state index is 0.155. The van der Waals surface area contributed by atoms with Crippen LogP contribution in [0.4, 0.5) is 4.79 Å². The summed E-state index contributed by atoms with van der Waals surface area (Å²) in [4.78, 5) is 24.5. The molecule has 0 aromatic heterocycles. The molecule has 2 aromatic carbocycles. The van der Waals surface area contributed by atoms with Gasteiger partial charge in [0.25, 0.3) is 5.91 Å². The summed E-state index contributed by atoms with van der Waals surface area (Å²) in [6.45, 7) is 2.13. The molecule has 0 saturated carbocycles. The lowest BCUT2D eigenvalue weighted by Crippen LogP contribution is -2.42. The third-order valence-electron chi connectivity index (χ3n) is 4.59. The number of nitrogens with zero attached hydrogens (tertiary/aromatic N) is 2. The Kier molecular flexibility index (Phi) is 6.72. The predicted molar refractivity (Wildman–Crippen MR) is 112 cm³/mol. The molecule has 7 nitrogen and oxygen atoms in total. The molecule has 29 heavy (non-hydrogen) atoms. The van der Waals surface area contributed by atoms with E-state index in [0.717, 1.165) is 22.6 Å². The fraction of sp³-hybridized carbons (Fsp3) is 0.286. The highest BCUT2D eigenvalue weighted by molar-refractivity contribution is 6.34. The Morgan fingerprint density at radius 3 is 2.55 bits per heavy atom. The van der Waals surface area contributed by atoms with Crippen LogP contribution < -0.4 is 15.4 Å². The number of rotatable bonds is 6. The van der Waals surface area contributed by atoms with Crippen molar-refractivity contribution in [2.24, 2.45) is 5.10 Å². The van der Waals surface area contributed by atoms with Crippen molar-refractivity contribution in [2.45, 2.75) is 19.4 Å². The van der Waals surface area contributed by atoms with Crippen LogP contribution in [0.2, 0.25) is 5.02 Å². The molecule has 0 aliphatic carbocycles. The highest BCUT2D eigenvalue weighted by atomic mass is 35.5. The number of carbonyl (C=O) groups excluding carboxylic acids is 2. The van der Waals surface area contributed by atoms with Crippen molar-refractivity contribution in [2.75, 3.05) is 20.2 Å². The molecule has 0 saturated heterocycles. The van der Waals surface area contributed by atoms with E-state index in [9.17, 15) is 9.59 Å². The largest absolute Gasteiger partial charge is 0.497 e. The molecule has 0 radical (unpaired) electrons. The standard InChI is InChI=1S/C21H23ClN4O3/c1-3-23-21(28)24-13-20(27)26-19(14-8-10-15(29-2)11-9-14)12-18(25-26)16-6-4-5-7-17(16)22/h4-11,19H,3,12-13H2,1-2H3,(H2,23,24,28)/t19-/m1/s1. The molecule has 152 valence electrons. The van der Waals surface area contributed by atoms with E-state index in [2.05, 4.69) is 15.7 Å². The lowest BCUT2D eigenvalue weighted by Gasteiger charge is -2.22. The van der Waals surface area contributed by atoms with Gasteiger partial charge >= 0.3 is 6.03 Å². The van der Waals surface area contributed by atoms with Crippen molar-refractivity contribution in [3.05, 3.63) is 64.7 Å². The number of urea groups is 1. The van der Waals surface area contributed by atoms with Crippen molar-refractivity contribution < 1.29 is 14.3 Å². The number of hydrazone groups is 1. The number of halogens is 1. The first-order valence-corrected chi connectivity index (χ1v) is 9.71. The van der Waals surface area contributed by atoms with Gasteiger partial charge in [-0.05, 0) is 30.7 Å². The Hall–Kier alpha value is -3.06. The summed E-state index contributed by atoms with van der Waals surface area (Å²) < 4.78 is 5.22. The number of ether oxygens (including phenoxy) is 1. The van der Waals surface area contributed by atoms with Gasteiger partial charge in [0, 0.05) is 23.6 Å². The molecule has 3 amide bonds. The second-order valence-electron chi connectivity index (χ2n) is 6.47. The van der Waals surface area contributed by atoms with Crippen LogP contribution >= 0.6 is 11.6 Å². The number of hydrogen-bond donors (Lipinski definition) is 2. The Labute approximate surface area is 174 Å². The fourth-order valence-electron chi connectivity index (χ4n) is 3.14. The molecule has 8 heteroatoms. The summed E-state index contributed by atoms with van der Waals surface area (Å²) in [6.07, 6.45) is 0.517. The average molecular weight is 415 g/mol. The lowest BCUT2D eigenvalue weighted by molar-refractivity contribution is -0.131. The van der Waals surface area contributed by atoms with E-state index in [1.165, 1.54) is 5.01 Å². The van der Waals surface area contributed by atoms with Crippen LogP contribution in [0.3, 0.4) is 0 Å². The second-order valence-corrected chi connectivity index (χ2v) is 6.88. The van der Waals surface area contributed by atoms with Gasteiger partial charge in [0.15, 0.2) is 0 Å². The fourth-order valence-corrected chi connectivity index (χ4v) is 3.39. The predicted octanol–water partition coefficient (Wildman–Crippen LogP) is 3.35. The van der Waals surface area contributed by atoms with E-state index in [1.807, 2.05) is 49.4 Å². The first-order valence-electron chi connectivity index (χ1n) is 9.33. The Morgan fingerprint density at radius 2 is 1.90 bits per heavy atom. The summed E-state index contributed by atoms with van der Waals surface area (Å²) in [5.74, 6) is 0.425. The Morgan fingerprint density at radius 1 is 1.17 bits per heavy atom. The van der Waals surface area contributed by atoms with Crippen LogP contribution in [0, 0.1) is 0 Å². The molecule has 1 atom stereocenters. The quantitative estimate of drug-likeness (QED) is 0.760. The van der Waals surface area contributed by atoms with Crippen LogP contribution in [0.1, 0.15) is 30.5 Å². The Balaban J connectivity index is 1.86. The summed E-state index contributed by atoms with van der Waals surface area (Å²) in [7, 11) is 1.60. The molecule has 1 aliphatic heterocycles. The highest BCUT2D eigenvalue weighted by Crippen LogP contribution is 2.34. The van der Waals surface area contributed by atoms with Crippen LogP contribution in [0.15, 0.2) is 53.6 Å². The minimum Gasteiger partial charge on any atom is -0.497 e. The van der Waals surface area contributed by atoms with Crippen molar-refractivity contribution in [3.63, 3.8) is 0 Å². The SMILES string of the molecule is CCNC(=O)NCC(=O)N1N=C(c2ccccc2Cl)C[C@@H]1c1ccc(OC)cc1. The molecular formula is C21H23ClN4O3. The van der Waals surface area contributed by atoms with E-state index in [4.69, 9.17) is 16.3 Å². The van der Waals surface area contributed by atoms with Gasteiger partial charge in [-0.15, -0.1) is 0 Å². The zero-order valence-corrected chi connectivity index (χ0v) is 17.1. The van der Waals surface area contributed by atoms with Crippen LogP contribution in [-0.2, 0) is 4.79 Å². The van der Waals surface area contributed by atoms with Gasteiger partial charge in [-0.2, -0.15) is 5.10 Å². The minimum atomic E-state index is -0.392. The first kappa shape index (κ1) is 20.7. The number of carbonyl (C=O) groups is 2. The van der Waals surface area contributed by atoms with Crippen molar-refractivity contribution in [1.82, 2.24) is 15.6 Å². The molecular weight excluding hydrogens is 392 g/mol. The van der Waals surface area contributed by atoms with Crippen molar-refractivity contribution in [3.8, 4) is 5.75 Å². The van der Waals surface area contributed by atoms with Gasteiger partial charge < -0.3 is 15.4 Å². The first-order chi connectivity index (χ1) is 14.0. The van der Waals surface area contributed by atoms with Gasteiger partial charge in [-0.1, -0.05) is 41.9 Å². The van der Waals surface area contributed by atoms with E-state index in [0.29, 0.717) is 18.0 Å². The molecule has 0 spiro atoms. The zero-order valence-electron chi connectivity index (χ0n) is 16.3. The maximum atomic E-state index is 12.8. The summed E-state index contributed by atoms with van der Waals surface area (Å²) in [5.41, 5.74) is 2.44. The molecule has 3 rings (SSSR count). The van der Waals surface area contributed by atoms with E-state index >= 15 is 0 Å². The van der Waals surface area contributed by atoms with Gasteiger partial charge in [-0.25, -0.2) is 9.80 Å². The van der Waals surface area contributed by atoms with Gasteiger partial charge in [0.05, 0.1) is 18.9 Å². The van der Waals surface area contributed by atoms with E-state index < -0.39 is 6.03 Å². The number of benzene rings is 2. The van der Waals surface area contributed by atoms with Gasteiger partial charge in [0.2, 0.25) is 0 Å². The number of hydrogen-bond acceptors (Lipinski definition) is 4. The number of amides is 3. The maximum absolute atomic E-state index is 12.8. The molecule has 0 unspecified atom stereocenters. The summed E-state index contributed by atoms with van der Waals surface area (Å²) in [6, 6.07) is 14.2. The zero-order chi connectivity index (χ0) is 20.8. The van der Waals surface area contributed by atoms with Gasteiger partial charge in [-0.3, -0.25) is 4.79 Å². The highest BCUT2D eigenvalue weighted by Gasteiger charge is 2.33. The summed E-state index contributed by atoms with van der Waals surface area (Å²) >= 11 is 6.34. The second kappa shape index (κ2) is 9.43. The average Bonchev–Trinajstić information content (AvgIpc) is 3.18. The van der Waals surface area contributed by atoms with Gasteiger partial charge in [0.1, 0.15) is 12.3 Å². The number of nitrogens with one attached hydrogen (secondary N) is 2. The van der Waals surface area contributed by atoms with Crippen LogP contribution in [0.5, 0.6) is 5.75 Å². The molecule has 0 bridgehead atoms. The molecule has 2 aromatic rings. The van der Waals surface area contributed by atoms with E-state index in [-0.39, 0.29) is 18.5 Å². The van der Waals surface area contributed by atoms with E-state index in [1.54, 1.807) is 13.2 Å². The third-order valence-corrected chi connectivity index (χ3v) is 4.92. The monoisotopic (exact) mass is 414 g/mol. The van der Waals surface area contributed by atoms with Crippen molar-refractivity contribution in [1.29, 1.82) is 0 Å². The van der Waals surface area contributed by atoms with Crippen molar-refractivity contribution >= 4 is 29.3 Å². The molecule has 1 heterocycles. The smallest absolute Gasteiger partial charge is 0.315 e. The maximum Gasteiger partial charge on any atom is 0.315 e.